The molecule has 1 fully saturated rings. The van der Waals surface area contributed by atoms with Crippen molar-refractivity contribution in [3.05, 3.63) is 23.8 Å². The van der Waals surface area contributed by atoms with Crippen LogP contribution in [0.1, 0.15) is 16.8 Å². The molecule has 1 aromatic carbocycles. The van der Waals surface area contributed by atoms with Crippen LogP contribution in [0.25, 0.3) is 0 Å². The number of nitrogens with one attached hydrogen (secondary N) is 1. The van der Waals surface area contributed by atoms with Gasteiger partial charge in [0.15, 0.2) is 11.5 Å². The molecule has 1 heterocycles. The fraction of sp³-hybridized carbons (Fsp3) is 0.273. The zero-order chi connectivity index (χ0) is 12.4. The van der Waals surface area contributed by atoms with E-state index in [1.807, 2.05) is 0 Å². The summed E-state index contributed by atoms with van der Waals surface area (Å²) >= 11 is 1.21. The average molecular weight is 253 g/mol. The number of benzene rings is 1. The van der Waals surface area contributed by atoms with Gasteiger partial charge in [0.1, 0.15) is 0 Å². The Balaban J connectivity index is 2.09. The van der Waals surface area contributed by atoms with Crippen LogP contribution in [0.5, 0.6) is 11.5 Å². The van der Waals surface area contributed by atoms with Gasteiger partial charge in [-0.25, -0.2) is 0 Å². The number of rotatable bonds is 2. The summed E-state index contributed by atoms with van der Waals surface area (Å²) in [5.41, 5.74) is 0.213. The van der Waals surface area contributed by atoms with Gasteiger partial charge in [-0.1, -0.05) is 11.8 Å². The monoisotopic (exact) mass is 253 g/mol. The lowest BCUT2D eigenvalue weighted by Gasteiger charge is -2.10. The Morgan fingerprint density at radius 2 is 2.12 bits per heavy atom. The number of amides is 1. The Hall–Kier alpha value is -1.69. The molecule has 1 aliphatic rings. The number of phenolic OH excluding ortho intramolecular Hbond substituents is 2. The normalized spacial score (nSPS) is 19.3. The first-order valence-electron chi connectivity index (χ1n) is 5.07. The minimum Gasteiger partial charge on any atom is -0.504 e. The highest BCUT2D eigenvalue weighted by Gasteiger charge is 2.27. The molecule has 5 nitrogen and oxygen atoms in total. The van der Waals surface area contributed by atoms with Gasteiger partial charge in [-0.2, -0.15) is 0 Å². The number of thioether (sulfide) groups is 1. The Morgan fingerprint density at radius 1 is 1.35 bits per heavy atom. The van der Waals surface area contributed by atoms with E-state index in [4.69, 9.17) is 5.11 Å². The maximum absolute atomic E-state index is 11.7. The molecule has 0 saturated carbocycles. The van der Waals surface area contributed by atoms with E-state index in [0.29, 0.717) is 12.2 Å². The fourth-order valence-corrected chi connectivity index (χ4v) is 2.47. The summed E-state index contributed by atoms with van der Waals surface area (Å²) in [6.45, 7) is 0. The van der Waals surface area contributed by atoms with Crippen LogP contribution in [-0.2, 0) is 4.79 Å². The molecule has 1 unspecified atom stereocenters. The third-order valence-electron chi connectivity index (χ3n) is 2.48. The molecule has 0 aromatic heterocycles. The Kier molecular flexibility index (Phi) is 3.23. The lowest BCUT2D eigenvalue weighted by Crippen LogP contribution is -2.37. The maximum atomic E-state index is 11.7. The molecular formula is C11H11NO4S. The Morgan fingerprint density at radius 3 is 2.71 bits per heavy atom. The van der Waals surface area contributed by atoms with E-state index in [2.05, 4.69) is 5.32 Å². The predicted molar refractivity (Wildman–Crippen MR) is 63.1 cm³/mol. The van der Waals surface area contributed by atoms with Gasteiger partial charge in [-0.05, 0) is 24.6 Å². The molecular weight excluding hydrogens is 242 g/mol. The number of hydrogen-bond donors (Lipinski definition) is 3. The molecule has 90 valence electrons. The lowest BCUT2D eigenvalue weighted by atomic mass is 10.1. The average Bonchev–Trinajstić information content (AvgIpc) is 2.68. The predicted octanol–water partition coefficient (Wildman–Crippen LogP) is 0.860. The SMILES string of the molecule is O=C(NC1CCSC1=O)c1ccc(O)c(O)c1. The quantitative estimate of drug-likeness (QED) is 0.680. The highest BCUT2D eigenvalue weighted by molar-refractivity contribution is 8.14. The van der Waals surface area contributed by atoms with Crippen LogP contribution in [0, 0.1) is 0 Å². The first-order valence-corrected chi connectivity index (χ1v) is 6.06. The van der Waals surface area contributed by atoms with E-state index in [1.54, 1.807) is 0 Å². The zero-order valence-electron chi connectivity index (χ0n) is 8.84. The Bertz CT molecular complexity index is 475. The molecule has 1 aliphatic heterocycles. The molecule has 0 spiro atoms. The van der Waals surface area contributed by atoms with Gasteiger partial charge in [0.05, 0.1) is 6.04 Å². The highest BCUT2D eigenvalue weighted by Crippen LogP contribution is 2.25. The largest absolute Gasteiger partial charge is 0.504 e. The number of aromatic hydroxyl groups is 2. The van der Waals surface area contributed by atoms with Crippen LogP contribution in [0.15, 0.2) is 18.2 Å². The van der Waals surface area contributed by atoms with Crippen molar-refractivity contribution in [2.45, 2.75) is 12.5 Å². The molecule has 6 heteroatoms. The van der Waals surface area contributed by atoms with Crippen molar-refractivity contribution in [3.8, 4) is 11.5 Å². The van der Waals surface area contributed by atoms with Crippen molar-refractivity contribution in [1.29, 1.82) is 0 Å². The summed E-state index contributed by atoms with van der Waals surface area (Å²) < 4.78 is 0. The molecule has 1 amide bonds. The molecule has 17 heavy (non-hydrogen) atoms. The number of carbonyl (C=O) groups is 2. The van der Waals surface area contributed by atoms with Crippen molar-refractivity contribution in [1.82, 2.24) is 5.32 Å². The van der Waals surface area contributed by atoms with E-state index in [0.717, 1.165) is 6.07 Å². The highest BCUT2D eigenvalue weighted by atomic mass is 32.2. The van der Waals surface area contributed by atoms with Crippen LogP contribution in [-0.4, -0.2) is 33.0 Å². The van der Waals surface area contributed by atoms with E-state index >= 15 is 0 Å². The first kappa shape index (κ1) is 11.8. The van der Waals surface area contributed by atoms with Crippen molar-refractivity contribution >= 4 is 22.8 Å². The minimum absolute atomic E-state index is 0.0404. The summed E-state index contributed by atoms with van der Waals surface area (Å²) in [4.78, 5) is 23.1. The molecule has 1 atom stereocenters. The third-order valence-corrected chi connectivity index (χ3v) is 3.49. The van der Waals surface area contributed by atoms with E-state index in [9.17, 15) is 14.7 Å². The molecule has 1 aromatic rings. The molecule has 0 aliphatic carbocycles. The summed E-state index contributed by atoms with van der Waals surface area (Å²) in [5.74, 6) is -0.357. The number of carbonyl (C=O) groups excluding carboxylic acids is 2. The maximum Gasteiger partial charge on any atom is 0.252 e. The number of hydrogen-bond acceptors (Lipinski definition) is 5. The zero-order valence-corrected chi connectivity index (χ0v) is 9.66. The van der Waals surface area contributed by atoms with Crippen LogP contribution >= 0.6 is 11.8 Å². The minimum atomic E-state index is -0.455. The van der Waals surface area contributed by atoms with Gasteiger partial charge in [-0.15, -0.1) is 0 Å². The molecule has 2 rings (SSSR count). The van der Waals surface area contributed by atoms with Gasteiger partial charge >= 0.3 is 0 Å². The van der Waals surface area contributed by atoms with Gasteiger partial charge in [0.2, 0.25) is 5.12 Å². The first-order chi connectivity index (χ1) is 8.08. The van der Waals surface area contributed by atoms with Gasteiger partial charge in [-0.3, -0.25) is 9.59 Å². The molecule has 0 radical (unpaired) electrons. The van der Waals surface area contributed by atoms with E-state index in [1.165, 1.54) is 23.9 Å². The summed E-state index contributed by atoms with van der Waals surface area (Å²) in [5, 5.41) is 20.9. The fourth-order valence-electron chi connectivity index (χ4n) is 1.53. The second kappa shape index (κ2) is 4.67. The van der Waals surface area contributed by atoms with Gasteiger partial charge in [0, 0.05) is 11.3 Å². The summed E-state index contributed by atoms with van der Waals surface area (Å²) in [6, 6.07) is 3.33. The molecule has 0 bridgehead atoms. The van der Waals surface area contributed by atoms with E-state index in [-0.39, 0.29) is 22.2 Å². The number of phenols is 2. The van der Waals surface area contributed by atoms with Crippen LogP contribution < -0.4 is 5.32 Å². The Labute approximate surface area is 102 Å². The van der Waals surface area contributed by atoms with Crippen LogP contribution in [0.2, 0.25) is 0 Å². The third kappa shape index (κ3) is 2.52. The van der Waals surface area contributed by atoms with Crippen molar-refractivity contribution in [2.75, 3.05) is 5.75 Å². The van der Waals surface area contributed by atoms with E-state index < -0.39 is 11.9 Å². The summed E-state index contributed by atoms with van der Waals surface area (Å²) in [7, 11) is 0. The van der Waals surface area contributed by atoms with Crippen molar-refractivity contribution in [3.63, 3.8) is 0 Å². The molecule has 3 N–H and O–H groups in total. The van der Waals surface area contributed by atoms with Gasteiger partial charge < -0.3 is 15.5 Å². The standard InChI is InChI=1S/C11H11NO4S/c13-8-2-1-6(5-9(8)14)10(15)12-7-3-4-17-11(7)16/h1-2,5,7,13-14H,3-4H2,(H,12,15). The second-order valence-electron chi connectivity index (χ2n) is 3.69. The van der Waals surface area contributed by atoms with Crippen LogP contribution in [0.4, 0.5) is 0 Å². The van der Waals surface area contributed by atoms with Crippen molar-refractivity contribution in [2.24, 2.45) is 0 Å². The second-order valence-corrected chi connectivity index (χ2v) is 4.79. The van der Waals surface area contributed by atoms with Gasteiger partial charge in [0.25, 0.3) is 5.91 Å². The lowest BCUT2D eigenvalue weighted by molar-refractivity contribution is -0.112. The van der Waals surface area contributed by atoms with Crippen molar-refractivity contribution < 1.29 is 19.8 Å². The smallest absolute Gasteiger partial charge is 0.252 e. The topological polar surface area (TPSA) is 86.6 Å². The van der Waals surface area contributed by atoms with Crippen LogP contribution in [0.3, 0.4) is 0 Å². The summed E-state index contributed by atoms with van der Waals surface area (Å²) in [6.07, 6.45) is 0.624. The molecule has 1 saturated heterocycles.